The van der Waals surface area contributed by atoms with E-state index in [2.05, 4.69) is 5.32 Å². The van der Waals surface area contributed by atoms with Crippen molar-refractivity contribution in [2.45, 2.75) is 149 Å². The largest absolute Gasteiger partial charge is 0.490 e. The van der Waals surface area contributed by atoms with E-state index in [9.17, 15) is 28.8 Å². The van der Waals surface area contributed by atoms with Crippen molar-refractivity contribution in [3.05, 3.63) is 201 Å². The molecule has 2 aliphatic rings. The van der Waals surface area contributed by atoms with E-state index in [1.54, 1.807) is 30.5 Å². The Labute approximate surface area is 458 Å². The number of nitrogens with one attached hydrogen (secondary N) is 1. The molecule has 0 saturated heterocycles. The van der Waals surface area contributed by atoms with E-state index in [0.717, 1.165) is 60.1 Å². The quantitative estimate of drug-likeness (QED) is 0.0512. The van der Waals surface area contributed by atoms with Gasteiger partial charge < -0.3 is 44.2 Å². The fourth-order valence-corrected chi connectivity index (χ4v) is 8.53. The van der Waals surface area contributed by atoms with Gasteiger partial charge >= 0.3 is 17.9 Å². The van der Waals surface area contributed by atoms with Crippen LogP contribution in [-0.2, 0) is 41.9 Å². The van der Waals surface area contributed by atoms with Crippen molar-refractivity contribution >= 4 is 23.8 Å². The monoisotopic (exact) mass is 1070 g/mol. The Bertz CT molecular complexity index is 2910. The first-order chi connectivity index (χ1) is 37.1. The summed E-state index contributed by atoms with van der Waals surface area (Å²) in [6, 6.07) is 41.2. The number of rotatable bonds is 23. The Hall–Kier alpha value is -7.78. The number of nitrogens with two attached hydrogens (primary N) is 1. The molecule has 0 bridgehead atoms. The van der Waals surface area contributed by atoms with Crippen molar-refractivity contribution in [2.24, 2.45) is 17.6 Å². The van der Waals surface area contributed by atoms with Crippen LogP contribution in [0.4, 0.5) is 0 Å². The van der Waals surface area contributed by atoms with Crippen LogP contribution in [0.25, 0.3) is 0 Å². The molecule has 4 N–H and O–H groups in total. The highest BCUT2D eigenvalue weighted by atomic mass is 16.5. The second kappa shape index (κ2) is 31.4. The summed E-state index contributed by atoms with van der Waals surface area (Å²) in [5.41, 5.74) is 9.13. The molecule has 2 heterocycles. The van der Waals surface area contributed by atoms with Crippen LogP contribution in [0.1, 0.15) is 146 Å². The number of benzene rings is 4. The van der Waals surface area contributed by atoms with E-state index < -0.39 is 36.1 Å². The molecule has 0 radical (unpaired) electrons. The number of hydrogen-bond acceptors (Lipinski definition) is 11. The van der Waals surface area contributed by atoms with Gasteiger partial charge in [0.15, 0.2) is 0 Å². The Morgan fingerprint density at radius 3 is 1.46 bits per heavy atom. The lowest BCUT2D eigenvalue weighted by atomic mass is 9.96. The Balaban J connectivity index is 0.000000238. The fourth-order valence-electron chi connectivity index (χ4n) is 8.53. The Morgan fingerprint density at radius 2 is 1.01 bits per heavy atom. The number of amides is 1. The second-order valence-electron chi connectivity index (χ2n) is 20.4. The SMILES string of the molecule is C.CC(C)CC(C(=O)NC(CC(=O)OCc1ccccc1)c1cccc(OC2CCC2)c1)n1ccccc1=O.CC(C)CC(C(=O)O)n1ccccc1=O.NC(CC(=O)OCc1ccccc1)c1cccc(OC2CCC2)c1. The molecule has 2 saturated carbocycles. The number of carboxylic acids is 1. The van der Waals surface area contributed by atoms with Gasteiger partial charge in [0.2, 0.25) is 5.91 Å². The maximum atomic E-state index is 13.6. The summed E-state index contributed by atoms with van der Waals surface area (Å²) in [4.78, 5) is 73.6. The third-order valence-corrected chi connectivity index (χ3v) is 13.2. The van der Waals surface area contributed by atoms with E-state index in [0.29, 0.717) is 24.7 Å². The van der Waals surface area contributed by atoms with Gasteiger partial charge in [-0.15, -0.1) is 0 Å². The van der Waals surface area contributed by atoms with Crippen molar-refractivity contribution in [2.75, 3.05) is 0 Å². The summed E-state index contributed by atoms with van der Waals surface area (Å²) in [5, 5.41) is 12.1. The zero-order chi connectivity index (χ0) is 55.1. The summed E-state index contributed by atoms with van der Waals surface area (Å²) in [6.45, 7) is 8.31. The molecule has 8 rings (SSSR count). The number of esters is 2. The van der Waals surface area contributed by atoms with Crippen molar-refractivity contribution in [3.8, 4) is 11.5 Å². The minimum atomic E-state index is -0.961. The van der Waals surface area contributed by atoms with Gasteiger partial charge in [0.05, 0.1) is 31.1 Å². The average molecular weight is 1070 g/mol. The second-order valence-corrected chi connectivity index (χ2v) is 20.4. The summed E-state index contributed by atoms with van der Waals surface area (Å²) >= 11 is 0. The number of carbonyl (C=O) groups is 4. The molecule has 0 spiro atoms. The standard InChI is InChI=1S/C31H36N2O5.C20H23NO3.C11H15NO3.CH4/c1-22(2)18-28(33-17-7-6-16-29(33)34)31(36)32-27(20-30(35)37-21-23-10-4-3-5-11-23)24-12-8-15-26(19-24)38-25-13-9-14-25;21-19(13-20(22)23-14-15-6-2-1-3-7-15)16-8-4-11-18(12-16)24-17-9-5-10-17;1-8(2)7-9(11(14)15)12-6-4-3-5-10(12)13;/h3-8,10-12,15-17,19,22,25,27-28H,9,13-14,18,20-21H2,1-2H3,(H,32,36);1-4,6-8,11-12,17,19H,5,9-10,13-14,21H2;3-6,8-9H,7H2,1-2H3,(H,14,15);1H4. The first-order valence-corrected chi connectivity index (χ1v) is 26.7. The van der Waals surface area contributed by atoms with Crippen molar-refractivity contribution in [3.63, 3.8) is 0 Å². The molecule has 416 valence electrons. The molecule has 15 nitrogen and oxygen atoms in total. The Kier molecular flexibility index (Phi) is 24.6. The van der Waals surface area contributed by atoms with E-state index in [-0.39, 0.29) is 74.4 Å². The van der Waals surface area contributed by atoms with Crippen LogP contribution in [0.5, 0.6) is 11.5 Å². The van der Waals surface area contributed by atoms with Crippen LogP contribution >= 0.6 is 0 Å². The molecule has 2 fully saturated rings. The maximum absolute atomic E-state index is 13.6. The van der Waals surface area contributed by atoms with E-state index in [1.807, 2.05) is 137 Å². The topological polar surface area (TPSA) is 207 Å². The number of aliphatic carboxylic acids is 1. The number of carbonyl (C=O) groups excluding carboxylic acids is 3. The lowest BCUT2D eigenvalue weighted by Gasteiger charge is -2.28. The highest BCUT2D eigenvalue weighted by Crippen LogP contribution is 2.30. The first kappa shape index (κ1) is 61.1. The average Bonchev–Trinajstić information content (AvgIpc) is 3.40. The van der Waals surface area contributed by atoms with Gasteiger partial charge in [-0.1, -0.05) is 132 Å². The molecule has 2 aliphatic carbocycles. The minimum absolute atomic E-state index is 0. The number of hydrogen-bond donors (Lipinski definition) is 3. The first-order valence-electron chi connectivity index (χ1n) is 26.7. The van der Waals surface area contributed by atoms with Crippen LogP contribution in [0, 0.1) is 11.8 Å². The highest BCUT2D eigenvalue weighted by molar-refractivity contribution is 5.82. The molecule has 4 unspecified atom stereocenters. The molecule has 2 aromatic heterocycles. The minimum Gasteiger partial charge on any atom is -0.490 e. The maximum Gasteiger partial charge on any atom is 0.326 e. The number of carboxylic acid groups (broad SMARTS) is 1. The van der Waals surface area contributed by atoms with Crippen molar-refractivity contribution < 1.29 is 43.2 Å². The summed E-state index contributed by atoms with van der Waals surface area (Å²) in [5.74, 6) is -0.0643. The van der Waals surface area contributed by atoms with Crippen LogP contribution in [0.2, 0.25) is 0 Å². The smallest absolute Gasteiger partial charge is 0.326 e. The fraction of sp³-hybridized carbons (Fsp3) is 0.397. The van der Waals surface area contributed by atoms with E-state index in [1.165, 1.54) is 33.9 Å². The van der Waals surface area contributed by atoms with E-state index in [4.69, 9.17) is 29.8 Å². The molecule has 78 heavy (non-hydrogen) atoms. The number of pyridine rings is 2. The number of ether oxygens (including phenoxy) is 4. The van der Waals surface area contributed by atoms with Crippen LogP contribution in [-0.4, -0.2) is 50.3 Å². The molecular formula is C63H78N4O11. The molecular weight excluding hydrogens is 989 g/mol. The van der Waals surface area contributed by atoms with Crippen LogP contribution in [0.15, 0.2) is 168 Å². The van der Waals surface area contributed by atoms with Gasteiger partial charge in [0.25, 0.3) is 11.1 Å². The molecule has 4 atom stereocenters. The summed E-state index contributed by atoms with van der Waals surface area (Å²) in [6.07, 6.45) is 11.4. The van der Waals surface area contributed by atoms with Crippen molar-refractivity contribution in [1.82, 2.24) is 14.5 Å². The number of nitrogens with zero attached hydrogens (tertiary/aromatic N) is 2. The molecule has 1 amide bonds. The van der Waals surface area contributed by atoms with Gasteiger partial charge in [0.1, 0.15) is 36.8 Å². The third-order valence-electron chi connectivity index (χ3n) is 13.2. The lowest BCUT2D eigenvalue weighted by Crippen LogP contribution is -2.40. The zero-order valence-corrected chi connectivity index (χ0v) is 44.6. The Morgan fingerprint density at radius 1 is 0.577 bits per heavy atom. The number of aromatic nitrogens is 2. The molecule has 6 aromatic rings. The van der Waals surface area contributed by atoms with Gasteiger partial charge in [0, 0.05) is 30.6 Å². The molecule has 0 aliphatic heterocycles. The highest BCUT2D eigenvalue weighted by Gasteiger charge is 2.28. The normalized spacial score (nSPS) is 14.4. The van der Waals surface area contributed by atoms with Gasteiger partial charge in [-0.3, -0.25) is 24.0 Å². The van der Waals surface area contributed by atoms with Gasteiger partial charge in [-0.05, 0) is 122 Å². The predicted molar refractivity (Wildman–Crippen MR) is 302 cm³/mol. The lowest BCUT2D eigenvalue weighted by molar-refractivity contribution is -0.146. The summed E-state index contributed by atoms with van der Waals surface area (Å²) in [7, 11) is 0. The van der Waals surface area contributed by atoms with Crippen LogP contribution in [0.3, 0.4) is 0 Å². The van der Waals surface area contributed by atoms with Gasteiger partial charge in [-0.25, -0.2) is 4.79 Å². The van der Waals surface area contributed by atoms with Gasteiger partial charge in [-0.2, -0.15) is 0 Å². The van der Waals surface area contributed by atoms with E-state index >= 15 is 0 Å². The summed E-state index contributed by atoms with van der Waals surface area (Å²) < 4.78 is 25.5. The zero-order valence-electron chi connectivity index (χ0n) is 44.6. The van der Waals surface area contributed by atoms with Crippen LogP contribution < -0.4 is 31.6 Å². The van der Waals surface area contributed by atoms with Crippen molar-refractivity contribution in [1.29, 1.82) is 0 Å². The predicted octanol–water partition coefficient (Wildman–Crippen LogP) is 11.3. The molecule has 4 aromatic carbocycles. The third kappa shape index (κ3) is 20.0. The molecule has 15 heteroatoms.